The second-order valence-corrected chi connectivity index (χ2v) is 7.29. The number of likely N-dealkylation sites (tertiary alicyclic amines) is 1. The van der Waals surface area contributed by atoms with Crippen LogP contribution >= 0.6 is 0 Å². The quantitative estimate of drug-likeness (QED) is 0.796. The van der Waals surface area contributed by atoms with E-state index in [1.165, 1.54) is 10.5 Å². The zero-order chi connectivity index (χ0) is 17.9. The van der Waals surface area contributed by atoms with Crippen molar-refractivity contribution in [3.63, 3.8) is 0 Å². The lowest BCUT2D eigenvalue weighted by molar-refractivity contribution is -0.123. The van der Waals surface area contributed by atoms with E-state index in [2.05, 4.69) is 29.2 Å². The number of carbonyl (C=O) groups excluding carboxylic acids is 2. The minimum atomic E-state index is -0.291. The number of hydrogen-bond acceptors (Lipinski definition) is 3. The van der Waals surface area contributed by atoms with Crippen molar-refractivity contribution in [2.75, 3.05) is 18.0 Å². The van der Waals surface area contributed by atoms with Gasteiger partial charge in [0.05, 0.1) is 18.2 Å². The SMILES string of the molecule is O=C1C[C@@H](N2CCC(Cc3ccccc3)CC2)C(=O)N1c1ccccc1. The van der Waals surface area contributed by atoms with Crippen LogP contribution in [0, 0.1) is 5.92 Å². The molecule has 0 unspecified atom stereocenters. The average molecular weight is 348 g/mol. The summed E-state index contributed by atoms with van der Waals surface area (Å²) in [5.41, 5.74) is 2.07. The van der Waals surface area contributed by atoms with Crippen LogP contribution in [0.2, 0.25) is 0 Å². The summed E-state index contributed by atoms with van der Waals surface area (Å²) in [5, 5.41) is 0. The third-order valence-corrected chi connectivity index (χ3v) is 5.59. The fraction of sp³-hybridized carbons (Fsp3) is 0.364. The zero-order valence-corrected chi connectivity index (χ0v) is 14.9. The van der Waals surface area contributed by atoms with Crippen LogP contribution < -0.4 is 4.90 Å². The minimum Gasteiger partial charge on any atom is -0.292 e. The number of para-hydroxylation sites is 1. The number of amides is 2. The van der Waals surface area contributed by atoms with Crippen molar-refractivity contribution in [3.8, 4) is 0 Å². The first-order chi connectivity index (χ1) is 12.7. The molecule has 4 heteroatoms. The van der Waals surface area contributed by atoms with Crippen molar-refractivity contribution in [3.05, 3.63) is 66.2 Å². The molecule has 1 atom stereocenters. The third kappa shape index (κ3) is 3.42. The van der Waals surface area contributed by atoms with Crippen LogP contribution in [0.25, 0.3) is 0 Å². The van der Waals surface area contributed by atoms with Crippen molar-refractivity contribution < 1.29 is 9.59 Å². The monoisotopic (exact) mass is 348 g/mol. The zero-order valence-electron chi connectivity index (χ0n) is 14.9. The van der Waals surface area contributed by atoms with Gasteiger partial charge in [-0.25, -0.2) is 4.90 Å². The van der Waals surface area contributed by atoms with Crippen LogP contribution in [0.4, 0.5) is 5.69 Å². The number of hydrogen-bond donors (Lipinski definition) is 0. The maximum Gasteiger partial charge on any atom is 0.251 e. The molecule has 0 spiro atoms. The topological polar surface area (TPSA) is 40.6 Å². The number of piperidine rings is 1. The molecule has 0 N–H and O–H groups in total. The lowest BCUT2D eigenvalue weighted by Gasteiger charge is -2.34. The molecule has 4 rings (SSSR count). The summed E-state index contributed by atoms with van der Waals surface area (Å²) >= 11 is 0. The average Bonchev–Trinajstić information content (AvgIpc) is 2.98. The van der Waals surface area contributed by atoms with Crippen molar-refractivity contribution in [1.82, 2.24) is 4.90 Å². The van der Waals surface area contributed by atoms with Gasteiger partial charge in [0.15, 0.2) is 0 Å². The fourth-order valence-electron chi connectivity index (χ4n) is 4.17. The Morgan fingerprint density at radius 2 is 1.46 bits per heavy atom. The first-order valence-corrected chi connectivity index (χ1v) is 9.42. The molecule has 0 bridgehead atoms. The standard InChI is InChI=1S/C22H24N2O2/c25-21-16-20(22(26)24(21)19-9-5-2-6-10-19)23-13-11-18(12-14-23)15-17-7-3-1-4-8-17/h1-10,18,20H,11-16H2/t20-/m1/s1. The second kappa shape index (κ2) is 7.42. The van der Waals surface area contributed by atoms with E-state index in [1.54, 1.807) is 0 Å². The van der Waals surface area contributed by atoms with E-state index in [1.807, 2.05) is 36.4 Å². The number of rotatable bonds is 4. The fourth-order valence-corrected chi connectivity index (χ4v) is 4.17. The lowest BCUT2D eigenvalue weighted by atomic mass is 9.89. The molecule has 4 nitrogen and oxygen atoms in total. The molecule has 2 aromatic carbocycles. The Kier molecular flexibility index (Phi) is 4.85. The molecule has 0 saturated carbocycles. The highest BCUT2D eigenvalue weighted by atomic mass is 16.2. The number of carbonyl (C=O) groups is 2. The van der Waals surface area contributed by atoms with Crippen molar-refractivity contribution >= 4 is 17.5 Å². The second-order valence-electron chi connectivity index (χ2n) is 7.29. The summed E-state index contributed by atoms with van der Waals surface area (Å²) in [7, 11) is 0. The summed E-state index contributed by atoms with van der Waals surface area (Å²) < 4.78 is 0. The summed E-state index contributed by atoms with van der Waals surface area (Å²) in [6.07, 6.45) is 3.57. The predicted molar refractivity (Wildman–Crippen MR) is 102 cm³/mol. The number of nitrogens with zero attached hydrogens (tertiary/aromatic N) is 2. The molecule has 26 heavy (non-hydrogen) atoms. The molecule has 2 aromatic rings. The van der Waals surface area contributed by atoms with E-state index in [0.717, 1.165) is 32.4 Å². The van der Waals surface area contributed by atoms with E-state index in [-0.39, 0.29) is 17.9 Å². The van der Waals surface area contributed by atoms with Gasteiger partial charge in [-0.1, -0.05) is 48.5 Å². The maximum absolute atomic E-state index is 12.9. The highest BCUT2D eigenvalue weighted by Crippen LogP contribution is 2.29. The Bertz CT molecular complexity index is 767. The maximum atomic E-state index is 12.9. The van der Waals surface area contributed by atoms with Crippen molar-refractivity contribution in [1.29, 1.82) is 0 Å². The first kappa shape index (κ1) is 17.0. The molecule has 2 aliphatic heterocycles. The molecule has 2 aliphatic rings. The number of imide groups is 1. The van der Waals surface area contributed by atoms with Gasteiger partial charge in [0.2, 0.25) is 5.91 Å². The Hall–Kier alpha value is -2.46. The Labute approximate surface area is 154 Å². The van der Waals surface area contributed by atoms with Crippen LogP contribution in [0.1, 0.15) is 24.8 Å². The smallest absolute Gasteiger partial charge is 0.251 e. The van der Waals surface area contributed by atoms with Gasteiger partial charge in [-0.05, 0) is 56.0 Å². The molecule has 134 valence electrons. The van der Waals surface area contributed by atoms with E-state index in [0.29, 0.717) is 18.0 Å². The Morgan fingerprint density at radius 1 is 0.846 bits per heavy atom. The van der Waals surface area contributed by atoms with Gasteiger partial charge in [0.1, 0.15) is 0 Å². The molecule has 0 aromatic heterocycles. The van der Waals surface area contributed by atoms with E-state index in [4.69, 9.17) is 0 Å². The lowest BCUT2D eigenvalue weighted by Crippen LogP contribution is -2.46. The highest BCUT2D eigenvalue weighted by Gasteiger charge is 2.43. The molecular formula is C22H24N2O2. The van der Waals surface area contributed by atoms with Crippen molar-refractivity contribution in [2.45, 2.75) is 31.7 Å². The normalized spacial score (nSPS) is 22.2. The summed E-state index contributed by atoms with van der Waals surface area (Å²) in [6.45, 7) is 1.79. The molecule has 2 heterocycles. The van der Waals surface area contributed by atoms with E-state index < -0.39 is 0 Å². The van der Waals surface area contributed by atoms with Gasteiger partial charge in [0, 0.05) is 0 Å². The summed E-state index contributed by atoms with van der Waals surface area (Å²) in [4.78, 5) is 28.8. The number of anilines is 1. The molecule has 0 radical (unpaired) electrons. The molecular weight excluding hydrogens is 324 g/mol. The van der Waals surface area contributed by atoms with Crippen LogP contribution in [0.15, 0.2) is 60.7 Å². The molecule has 0 aliphatic carbocycles. The van der Waals surface area contributed by atoms with Crippen LogP contribution in [0.5, 0.6) is 0 Å². The first-order valence-electron chi connectivity index (χ1n) is 9.42. The third-order valence-electron chi connectivity index (χ3n) is 5.59. The Morgan fingerprint density at radius 3 is 2.12 bits per heavy atom. The van der Waals surface area contributed by atoms with E-state index >= 15 is 0 Å². The van der Waals surface area contributed by atoms with Crippen molar-refractivity contribution in [2.24, 2.45) is 5.92 Å². The minimum absolute atomic E-state index is 0.0669. The van der Waals surface area contributed by atoms with E-state index in [9.17, 15) is 9.59 Å². The van der Waals surface area contributed by atoms with Gasteiger partial charge in [-0.15, -0.1) is 0 Å². The van der Waals surface area contributed by atoms with Gasteiger partial charge in [-0.3, -0.25) is 14.5 Å². The highest BCUT2D eigenvalue weighted by molar-refractivity contribution is 6.22. The Balaban J connectivity index is 1.37. The summed E-state index contributed by atoms with van der Waals surface area (Å²) in [5.74, 6) is 0.506. The van der Waals surface area contributed by atoms with Gasteiger partial charge in [0.25, 0.3) is 5.91 Å². The number of benzene rings is 2. The molecule has 2 saturated heterocycles. The predicted octanol–water partition coefficient (Wildman–Crippen LogP) is 3.27. The molecule has 2 amide bonds. The summed E-state index contributed by atoms with van der Waals surface area (Å²) in [6, 6.07) is 19.6. The van der Waals surface area contributed by atoms with Gasteiger partial charge < -0.3 is 0 Å². The van der Waals surface area contributed by atoms with Crippen LogP contribution in [0.3, 0.4) is 0 Å². The van der Waals surface area contributed by atoms with Gasteiger partial charge in [-0.2, -0.15) is 0 Å². The largest absolute Gasteiger partial charge is 0.292 e. The van der Waals surface area contributed by atoms with Crippen LogP contribution in [-0.4, -0.2) is 35.8 Å². The van der Waals surface area contributed by atoms with Gasteiger partial charge >= 0.3 is 0 Å². The van der Waals surface area contributed by atoms with Crippen LogP contribution in [-0.2, 0) is 16.0 Å². The molecule has 2 fully saturated rings.